The van der Waals surface area contributed by atoms with Crippen molar-refractivity contribution in [3.8, 4) is 0 Å². The first-order chi connectivity index (χ1) is 15.3. The first-order valence-corrected chi connectivity index (χ1v) is 11.7. The summed E-state index contributed by atoms with van der Waals surface area (Å²) >= 11 is 0. The maximum absolute atomic E-state index is 12.1. The first kappa shape index (κ1) is 27.7. The number of amides is 1. The molecule has 0 aliphatic carbocycles. The number of hydrogen-bond donors (Lipinski definition) is 2. The maximum Gasteiger partial charge on any atom is 0.407 e. The third-order valence-corrected chi connectivity index (χ3v) is 5.46. The monoisotopic (exact) mass is 573 g/mol. The van der Waals surface area contributed by atoms with Gasteiger partial charge in [-0.05, 0) is 45.2 Å². The van der Waals surface area contributed by atoms with Crippen molar-refractivity contribution < 1.29 is 14.3 Å². The van der Waals surface area contributed by atoms with Crippen LogP contribution in [-0.2, 0) is 22.6 Å². The van der Waals surface area contributed by atoms with Gasteiger partial charge in [0.05, 0.1) is 25.8 Å². The molecule has 1 atom stereocenters. The third-order valence-electron chi connectivity index (χ3n) is 5.46. The Labute approximate surface area is 215 Å². The average molecular weight is 574 g/mol. The highest BCUT2D eigenvalue weighted by Gasteiger charge is 2.27. The lowest BCUT2D eigenvalue weighted by atomic mass is 10.1. The standard InChI is InChI=1S/C24H39N5O3.HI/c1-5-25-22(29-10-9-21(18-29)27-23(30)32-24(2,3)4)26-16-19-7-6-8-20(15-19)17-28-11-13-31-14-12-28;/h6-8,15,21H,5,9-14,16-18H2,1-4H3,(H,25,26)(H,27,30);1H. The number of carbonyl (C=O) groups is 1. The van der Waals surface area contributed by atoms with E-state index in [4.69, 9.17) is 14.5 Å². The van der Waals surface area contributed by atoms with Gasteiger partial charge in [0.1, 0.15) is 5.60 Å². The van der Waals surface area contributed by atoms with E-state index in [0.29, 0.717) is 6.54 Å². The van der Waals surface area contributed by atoms with Gasteiger partial charge < -0.3 is 25.0 Å². The number of hydrogen-bond acceptors (Lipinski definition) is 5. The molecule has 3 rings (SSSR count). The van der Waals surface area contributed by atoms with Crippen LogP contribution in [0.5, 0.6) is 0 Å². The molecule has 1 amide bonds. The van der Waals surface area contributed by atoms with Crippen LogP contribution in [0.25, 0.3) is 0 Å². The van der Waals surface area contributed by atoms with Crippen LogP contribution >= 0.6 is 24.0 Å². The van der Waals surface area contributed by atoms with Gasteiger partial charge in [0, 0.05) is 39.3 Å². The molecule has 0 radical (unpaired) electrons. The van der Waals surface area contributed by atoms with Gasteiger partial charge in [-0.15, -0.1) is 24.0 Å². The van der Waals surface area contributed by atoms with E-state index < -0.39 is 5.60 Å². The molecule has 2 aliphatic rings. The van der Waals surface area contributed by atoms with E-state index in [1.54, 1.807) is 0 Å². The van der Waals surface area contributed by atoms with Crippen molar-refractivity contribution in [1.82, 2.24) is 20.4 Å². The molecule has 2 aliphatic heterocycles. The summed E-state index contributed by atoms with van der Waals surface area (Å²) < 4.78 is 10.8. The van der Waals surface area contributed by atoms with Crippen molar-refractivity contribution in [2.24, 2.45) is 4.99 Å². The predicted octanol–water partition coefficient (Wildman–Crippen LogP) is 3.20. The van der Waals surface area contributed by atoms with E-state index in [1.165, 1.54) is 11.1 Å². The van der Waals surface area contributed by atoms with Crippen LogP contribution in [0.1, 0.15) is 45.2 Å². The van der Waals surface area contributed by atoms with Crippen LogP contribution in [0, 0.1) is 0 Å². The summed E-state index contributed by atoms with van der Waals surface area (Å²) in [4.78, 5) is 21.6. The zero-order valence-corrected chi connectivity index (χ0v) is 22.8. The lowest BCUT2D eigenvalue weighted by Crippen LogP contribution is -2.44. The van der Waals surface area contributed by atoms with E-state index in [-0.39, 0.29) is 36.1 Å². The molecule has 2 N–H and O–H groups in total. The third kappa shape index (κ3) is 9.66. The highest BCUT2D eigenvalue weighted by Crippen LogP contribution is 2.14. The summed E-state index contributed by atoms with van der Waals surface area (Å²) in [5.74, 6) is 0.888. The van der Waals surface area contributed by atoms with Crippen LogP contribution in [0.4, 0.5) is 4.79 Å². The second-order valence-electron chi connectivity index (χ2n) is 9.46. The van der Waals surface area contributed by atoms with Crippen molar-refractivity contribution in [2.75, 3.05) is 45.9 Å². The smallest absolute Gasteiger partial charge is 0.407 e. The van der Waals surface area contributed by atoms with Gasteiger partial charge in [-0.2, -0.15) is 0 Å². The molecule has 0 spiro atoms. The minimum Gasteiger partial charge on any atom is -0.444 e. The van der Waals surface area contributed by atoms with E-state index in [9.17, 15) is 4.79 Å². The number of carbonyl (C=O) groups excluding carboxylic acids is 1. The van der Waals surface area contributed by atoms with E-state index in [1.807, 2.05) is 20.8 Å². The molecule has 9 heteroatoms. The van der Waals surface area contributed by atoms with Gasteiger partial charge in [-0.25, -0.2) is 9.79 Å². The molecule has 1 aromatic rings. The lowest BCUT2D eigenvalue weighted by Gasteiger charge is -2.26. The zero-order valence-electron chi connectivity index (χ0n) is 20.4. The van der Waals surface area contributed by atoms with E-state index >= 15 is 0 Å². The summed E-state index contributed by atoms with van der Waals surface area (Å²) in [6.45, 7) is 15.3. The van der Waals surface area contributed by atoms with Crippen LogP contribution in [-0.4, -0.2) is 79.4 Å². The summed E-state index contributed by atoms with van der Waals surface area (Å²) in [7, 11) is 0. The number of ether oxygens (including phenoxy) is 2. The molecule has 1 aromatic carbocycles. The van der Waals surface area contributed by atoms with Crippen molar-refractivity contribution in [2.45, 2.75) is 58.8 Å². The molecule has 186 valence electrons. The molecule has 1 unspecified atom stereocenters. The molecule has 33 heavy (non-hydrogen) atoms. The Bertz CT molecular complexity index is 778. The fraction of sp³-hybridized carbons (Fsp3) is 0.667. The number of likely N-dealkylation sites (tertiary alicyclic amines) is 1. The van der Waals surface area contributed by atoms with Gasteiger partial charge in [0.15, 0.2) is 5.96 Å². The van der Waals surface area contributed by atoms with Crippen molar-refractivity contribution in [1.29, 1.82) is 0 Å². The number of benzene rings is 1. The number of rotatable bonds is 6. The molecular formula is C24H40IN5O3. The number of nitrogens with zero attached hydrogens (tertiary/aromatic N) is 3. The van der Waals surface area contributed by atoms with E-state index in [2.05, 4.69) is 51.6 Å². The number of morpholine rings is 1. The Hall–Kier alpha value is -1.59. The fourth-order valence-electron chi connectivity index (χ4n) is 3.98. The molecule has 8 nitrogen and oxygen atoms in total. The van der Waals surface area contributed by atoms with Gasteiger partial charge in [-0.3, -0.25) is 4.90 Å². The average Bonchev–Trinajstić information content (AvgIpc) is 3.19. The maximum atomic E-state index is 12.1. The van der Waals surface area contributed by atoms with Crippen LogP contribution in [0.15, 0.2) is 29.3 Å². The molecule has 0 bridgehead atoms. The molecule has 2 heterocycles. The minimum atomic E-state index is -0.491. The van der Waals surface area contributed by atoms with Crippen molar-refractivity contribution in [3.05, 3.63) is 35.4 Å². The molecule has 0 aromatic heterocycles. The van der Waals surface area contributed by atoms with Gasteiger partial charge in [0.25, 0.3) is 0 Å². The summed E-state index contributed by atoms with van der Waals surface area (Å²) in [5, 5.41) is 6.38. The molecule has 2 fully saturated rings. The largest absolute Gasteiger partial charge is 0.444 e. The summed E-state index contributed by atoms with van der Waals surface area (Å²) in [6, 6.07) is 8.74. The second-order valence-corrected chi connectivity index (χ2v) is 9.46. The number of halogens is 1. The minimum absolute atomic E-state index is 0. The summed E-state index contributed by atoms with van der Waals surface area (Å²) in [5.41, 5.74) is 2.02. The van der Waals surface area contributed by atoms with E-state index in [0.717, 1.165) is 64.9 Å². The van der Waals surface area contributed by atoms with Crippen LogP contribution in [0.3, 0.4) is 0 Å². The SMILES string of the molecule is CCNC(=NCc1cccc(CN2CCOCC2)c1)N1CCC(NC(=O)OC(C)(C)C)C1.I. The highest BCUT2D eigenvalue weighted by molar-refractivity contribution is 14.0. The quantitative estimate of drug-likeness (QED) is 0.309. The van der Waals surface area contributed by atoms with Crippen molar-refractivity contribution >= 4 is 36.0 Å². The van der Waals surface area contributed by atoms with Crippen molar-refractivity contribution in [3.63, 3.8) is 0 Å². The zero-order chi connectivity index (χ0) is 23.0. The second kappa shape index (κ2) is 13.3. The normalized spacial score (nSPS) is 19.7. The number of guanidine groups is 1. The fourth-order valence-corrected chi connectivity index (χ4v) is 3.98. The van der Waals surface area contributed by atoms with Crippen LogP contribution < -0.4 is 10.6 Å². The van der Waals surface area contributed by atoms with Gasteiger partial charge >= 0.3 is 6.09 Å². The Balaban J connectivity index is 0.00000385. The summed E-state index contributed by atoms with van der Waals surface area (Å²) in [6.07, 6.45) is 0.516. The molecule has 0 saturated carbocycles. The highest BCUT2D eigenvalue weighted by atomic mass is 127. The Kier molecular flexibility index (Phi) is 11.2. The number of nitrogens with one attached hydrogen (secondary N) is 2. The van der Waals surface area contributed by atoms with Gasteiger partial charge in [0.2, 0.25) is 0 Å². The Morgan fingerprint density at radius 2 is 1.94 bits per heavy atom. The topological polar surface area (TPSA) is 78.4 Å². The van der Waals surface area contributed by atoms with Gasteiger partial charge in [-0.1, -0.05) is 24.3 Å². The lowest BCUT2D eigenvalue weighted by molar-refractivity contribution is 0.0342. The Morgan fingerprint density at radius 1 is 1.21 bits per heavy atom. The number of aliphatic imine (C=N–C) groups is 1. The number of alkyl carbamates (subject to hydrolysis) is 1. The van der Waals surface area contributed by atoms with Crippen LogP contribution in [0.2, 0.25) is 0 Å². The first-order valence-electron chi connectivity index (χ1n) is 11.7. The Morgan fingerprint density at radius 3 is 2.64 bits per heavy atom. The molecule has 2 saturated heterocycles. The molecular weight excluding hydrogens is 533 g/mol. The predicted molar refractivity (Wildman–Crippen MR) is 142 cm³/mol.